The van der Waals surface area contributed by atoms with Gasteiger partial charge < -0.3 is 9.66 Å². The summed E-state index contributed by atoms with van der Waals surface area (Å²) >= 11 is 0. The van der Waals surface area contributed by atoms with E-state index < -0.39 is 15.4 Å². The van der Waals surface area contributed by atoms with Crippen LogP contribution in [0.4, 0.5) is 0 Å². The Labute approximate surface area is 210 Å². The normalized spacial score (nSPS) is 13.7. The van der Waals surface area contributed by atoms with Gasteiger partial charge in [0.1, 0.15) is 0 Å². The fourth-order valence-electron chi connectivity index (χ4n) is 4.00. The van der Waals surface area contributed by atoms with Gasteiger partial charge >= 0.3 is 29.6 Å². The van der Waals surface area contributed by atoms with Crippen LogP contribution < -0.4 is 29.6 Å². The fraction of sp³-hybridized carbons (Fsp3) is 1.00. The summed E-state index contributed by atoms with van der Waals surface area (Å²) < 4.78 is 34.5. The number of rotatable bonds is 22. The summed E-state index contributed by atoms with van der Waals surface area (Å²) in [5.74, 6) is 0. The Morgan fingerprint density at radius 3 is 1.23 bits per heavy atom. The molecule has 0 aromatic heterocycles. The molecule has 0 spiro atoms. The molecule has 0 fully saturated rings. The second kappa shape index (κ2) is 23.0. The van der Waals surface area contributed by atoms with E-state index in [4.69, 9.17) is 0 Å². The third-order valence-electron chi connectivity index (χ3n) is 5.99. The summed E-state index contributed by atoms with van der Waals surface area (Å²) in [5.41, 5.74) is 0. The van der Waals surface area contributed by atoms with Crippen LogP contribution in [-0.4, -0.2) is 29.4 Å². The number of aliphatic hydroxyl groups excluding tert-OH is 1. The van der Waals surface area contributed by atoms with Crippen molar-refractivity contribution in [3.05, 3.63) is 0 Å². The first-order chi connectivity index (χ1) is 13.9. The van der Waals surface area contributed by atoms with Gasteiger partial charge in [0.25, 0.3) is 0 Å². The van der Waals surface area contributed by atoms with Crippen LogP contribution >= 0.6 is 0 Å². The van der Waals surface area contributed by atoms with E-state index in [0.717, 1.165) is 64.2 Å². The molecule has 0 aliphatic heterocycles. The molecule has 6 heteroatoms. The van der Waals surface area contributed by atoms with Crippen molar-refractivity contribution < 1.29 is 47.6 Å². The van der Waals surface area contributed by atoms with Crippen molar-refractivity contribution in [1.82, 2.24) is 0 Å². The van der Waals surface area contributed by atoms with Gasteiger partial charge in [0, 0.05) is 5.25 Å². The largest absolute Gasteiger partial charge is 1.00 e. The molecule has 2 atom stereocenters. The Hall–Kier alpha value is 0.870. The van der Waals surface area contributed by atoms with E-state index in [9.17, 15) is 18.1 Å². The van der Waals surface area contributed by atoms with Crippen molar-refractivity contribution in [3.8, 4) is 0 Å². The van der Waals surface area contributed by atoms with E-state index >= 15 is 0 Å². The molecule has 30 heavy (non-hydrogen) atoms. The van der Waals surface area contributed by atoms with E-state index in [0.29, 0.717) is 12.8 Å². The van der Waals surface area contributed by atoms with E-state index in [1.165, 1.54) is 51.4 Å². The molecule has 0 rings (SSSR count). The molecule has 0 saturated carbocycles. The van der Waals surface area contributed by atoms with E-state index in [2.05, 4.69) is 13.8 Å². The number of hydrogen-bond acceptors (Lipinski definition) is 4. The average molecular weight is 457 g/mol. The van der Waals surface area contributed by atoms with Crippen LogP contribution in [0.1, 0.15) is 142 Å². The molecule has 0 aromatic carbocycles. The first kappa shape index (κ1) is 33.0. The molecule has 0 radical (unpaired) electrons. The zero-order chi connectivity index (χ0) is 21.8. The van der Waals surface area contributed by atoms with Gasteiger partial charge in [0.15, 0.2) is 0 Å². The van der Waals surface area contributed by atoms with Gasteiger partial charge in [-0.15, -0.1) is 0 Å². The maximum absolute atomic E-state index is 11.5. The summed E-state index contributed by atoms with van der Waals surface area (Å²) in [4.78, 5) is 0. The van der Waals surface area contributed by atoms with Crippen LogP contribution in [-0.2, 0) is 10.1 Å². The molecule has 0 saturated heterocycles. The number of hydrogen-bond donors (Lipinski definition) is 1. The summed E-state index contributed by atoms with van der Waals surface area (Å²) in [6.45, 7) is 4.40. The van der Waals surface area contributed by atoms with Crippen molar-refractivity contribution in [2.24, 2.45) is 0 Å². The Morgan fingerprint density at radius 1 is 0.600 bits per heavy atom. The van der Waals surface area contributed by atoms with E-state index in [-0.39, 0.29) is 35.7 Å². The minimum absolute atomic E-state index is 0. The molecule has 0 heterocycles. The Balaban J connectivity index is 0. The van der Waals surface area contributed by atoms with Gasteiger partial charge in [0.2, 0.25) is 0 Å². The minimum Gasteiger partial charge on any atom is -0.748 e. The first-order valence-electron chi connectivity index (χ1n) is 12.5. The molecule has 0 bridgehead atoms. The van der Waals surface area contributed by atoms with Crippen LogP contribution in [0, 0.1) is 0 Å². The molecular weight excluding hydrogens is 407 g/mol. The third-order valence-corrected chi connectivity index (χ3v) is 7.28. The van der Waals surface area contributed by atoms with Crippen molar-refractivity contribution >= 4 is 10.1 Å². The molecule has 0 aliphatic rings. The van der Waals surface area contributed by atoms with E-state index in [1.807, 2.05) is 0 Å². The topological polar surface area (TPSA) is 77.4 Å². The van der Waals surface area contributed by atoms with Gasteiger partial charge in [-0.1, -0.05) is 117 Å². The summed E-state index contributed by atoms with van der Waals surface area (Å²) in [6.07, 6.45) is 20.5. The van der Waals surface area contributed by atoms with Crippen molar-refractivity contribution in [3.63, 3.8) is 0 Å². The standard InChI is InChI=1S/C24H50O4S.Na/c1-3-5-7-9-11-15-19-23(25)20-16-13-14-18-22-24(29(26,27)28)21-17-12-10-8-6-4-2;/h23-25H,3-22H2,1-2H3,(H,26,27,28);/q;+1/p-1. The third kappa shape index (κ3) is 22.1. The predicted molar refractivity (Wildman–Crippen MR) is 123 cm³/mol. The smallest absolute Gasteiger partial charge is 0.748 e. The van der Waals surface area contributed by atoms with Crippen LogP contribution in [0.25, 0.3) is 0 Å². The monoisotopic (exact) mass is 456 g/mol. The molecule has 176 valence electrons. The van der Waals surface area contributed by atoms with Gasteiger partial charge in [0.05, 0.1) is 16.2 Å². The Kier molecular flexibility index (Phi) is 25.4. The van der Waals surface area contributed by atoms with Crippen molar-refractivity contribution in [2.75, 3.05) is 0 Å². The van der Waals surface area contributed by atoms with E-state index in [1.54, 1.807) is 0 Å². The zero-order valence-electron chi connectivity index (χ0n) is 20.4. The quantitative estimate of drug-likeness (QED) is 0.151. The molecule has 1 N–H and O–H groups in total. The molecule has 0 aromatic rings. The second-order valence-electron chi connectivity index (χ2n) is 8.87. The van der Waals surface area contributed by atoms with Crippen molar-refractivity contribution in [1.29, 1.82) is 0 Å². The molecular formula is C24H49NaO4S. The average Bonchev–Trinajstić information content (AvgIpc) is 2.67. The van der Waals surface area contributed by atoms with Crippen LogP contribution in [0.3, 0.4) is 0 Å². The molecule has 0 aliphatic carbocycles. The second-order valence-corrected chi connectivity index (χ2v) is 10.5. The molecule has 4 nitrogen and oxygen atoms in total. The minimum atomic E-state index is -4.18. The van der Waals surface area contributed by atoms with Crippen LogP contribution in [0.15, 0.2) is 0 Å². The summed E-state index contributed by atoms with van der Waals surface area (Å²) in [7, 11) is -4.18. The fourth-order valence-corrected chi connectivity index (χ4v) is 4.91. The van der Waals surface area contributed by atoms with Crippen LogP contribution in [0.2, 0.25) is 0 Å². The first-order valence-corrected chi connectivity index (χ1v) is 14.0. The summed E-state index contributed by atoms with van der Waals surface area (Å²) in [6, 6.07) is 0. The Morgan fingerprint density at radius 2 is 0.900 bits per heavy atom. The zero-order valence-corrected chi connectivity index (χ0v) is 23.2. The number of aliphatic hydroxyl groups is 1. The predicted octanol–water partition coefficient (Wildman–Crippen LogP) is 4.11. The maximum atomic E-state index is 11.5. The maximum Gasteiger partial charge on any atom is 1.00 e. The number of unbranched alkanes of at least 4 members (excludes halogenated alkanes) is 13. The van der Waals surface area contributed by atoms with Gasteiger partial charge in [-0.3, -0.25) is 0 Å². The SMILES string of the molecule is CCCCCCCCC(O)CCCCCCC(CCCCCCCC)S(=O)(=O)[O-].[Na+]. The van der Waals surface area contributed by atoms with Crippen molar-refractivity contribution in [2.45, 2.75) is 154 Å². The summed E-state index contributed by atoms with van der Waals surface area (Å²) in [5, 5.41) is 9.36. The van der Waals surface area contributed by atoms with Crippen LogP contribution in [0.5, 0.6) is 0 Å². The van der Waals surface area contributed by atoms with Gasteiger partial charge in [-0.25, -0.2) is 8.42 Å². The van der Waals surface area contributed by atoms with Gasteiger partial charge in [-0.05, 0) is 25.7 Å². The Bertz CT molecular complexity index is 442. The van der Waals surface area contributed by atoms with Gasteiger partial charge in [-0.2, -0.15) is 0 Å². The molecule has 0 amide bonds. The molecule has 2 unspecified atom stereocenters.